The van der Waals surface area contributed by atoms with Crippen LogP contribution < -0.4 is 4.74 Å². The van der Waals surface area contributed by atoms with Crippen molar-refractivity contribution in [1.82, 2.24) is 4.98 Å². The largest absolute Gasteiger partial charge is 0.488 e. The summed E-state index contributed by atoms with van der Waals surface area (Å²) in [6.45, 7) is 0.487. The molecule has 0 spiro atoms. The molecule has 0 saturated carbocycles. The zero-order valence-electron chi connectivity index (χ0n) is 13.1. The Balaban J connectivity index is 1.41. The van der Waals surface area contributed by atoms with Gasteiger partial charge in [-0.2, -0.15) is 0 Å². The number of H-pyrrole nitrogens is 1. The van der Waals surface area contributed by atoms with Gasteiger partial charge in [0.2, 0.25) is 0 Å². The lowest BCUT2D eigenvalue weighted by Crippen LogP contribution is -2.12. The molecule has 1 heterocycles. The summed E-state index contributed by atoms with van der Waals surface area (Å²) in [7, 11) is 0. The molecule has 0 fully saturated rings. The Hall–Kier alpha value is -2.46. The number of carbonyl (C=O) groups excluding carboxylic acids is 1. The van der Waals surface area contributed by atoms with Crippen molar-refractivity contribution < 1.29 is 14.3 Å². The van der Waals surface area contributed by atoms with E-state index in [-0.39, 0.29) is 19.2 Å². The fourth-order valence-electron chi connectivity index (χ4n) is 2.52. The van der Waals surface area contributed by atoms with Gasteiger partial charge in [-0.05, 0) is 30.2 Å². The lowest BCUT2D eigenvalue weighted by Gasteiger charge is -2.08. The lowest BCUT2D eigenvalue weighted by molar-refractivity contribution is -0.144. The summed E-state index contributed by atoms with van der Waals surface area (Å²) in [6.07, 6.45) is 2.93. The standard InChI is InChI=1S/C19H18ClNO3/c20-16-6-2-4-8-18(16)23-11-12-24-19(22)10-9-14-13-21-17-7-3-1-5-15(14)17/h1-8,13,21H,9-12H2. The molecule has 3 aromatic rings. The number of halogens is 1. The van der Waals surface area contributed by atoms with Crippen LogP contribution in [0.15, 0.2) is 54.7 Å². The van der Waals surface area contributed by atoms with Crippen molar-refractivity contribution in [3.8, 4) is 5.75 Å². The molecule has 0 unspecified atom stereocenters. The second-order valence-corrected chi connectivity index (χ2v) is 5.77. The third kappa shape index (κ3) is 4.09. The van der Waals surface area contributed by atoms with Crippen LogP contribution in [0.2, 0.25) is 5.02 Å². The monoisotopic (exact) mass is 343 g/mol. The quantitative estimate of drug-likeness (QED) is 0.511. The summed E-state index contributed by atoms with van der Waals surface area (Å²) in [5.74, 6) is 0.358. The van der Waals surface area contributed by atoms with Gasteiger partial charge in [-0.25, -0.2) is 0 Å². The molecular weight excluding hydrogens is 326 g/mol. The molecule has 0 atom stereocenters. The first-order valence-corrected chi connectivity index (χ1v) is 8.20. The van der Waals surface area contributed by atoms with E-state index in [1.807, 2.05) is 42.6 Å². The summed E-state index contributed by atoms with van der Waals surface area (Å²) in [5.41, 5.74) is 2.20. The predicted molar refractivity (Wildman–Crippen MR) is 94.5 cm³/mol. The second kappa shape index (κ2) is 7.88. The van der Waals surface area contributed by atoms with E-state index in [4.69, 9.17) is 21.1 Å². The molecule has 3 rings (SSSR count). The van der Waals surface area contributed by atoms with E-state index < -0.39 is 0 Å². The predicted octanol–water partition coefficient (Wildman–Crippen LogP) is 4.38. The van der Waals surface area contributed by atoms with Gasteiger partial charge < -0.3 is 14.5 Å². The number of para-hydroxylation sites is 2. The van der Waals surface area contributed by atoms with Crippen molar-refractivity contribution in [2.45, 2.75) is 12.8 Å². The average molecular weight is 344 g/mol. The SMILES string of the molecule is O=C(CCc1c[nH]c2ccccc12)OCCOc1ccccc1Cl. The van der Waals surface area contributed by atoms with E-state index in [9.17, 15) is 4.79 Å². The van der Waals surface area contributed by atoms with Crippen LogP contribution in [0, 0.1) is 0 Å². The smallest absolute Gasteiger partial charge is 0.306 e. The van der Waals surface area contributed by atoms with Crippen LogP contribution in [0.5, 0.6) is 5.75 Å². The molecule has 2 aromatic carbocycles. The fraction of sp³-hybridized carbons (Fsp3) is 0.211. The first kappa shape index (κ1) is 16.4. The minimum atomic E-state index is -0.233. The molecule has 0 aliphatic rings. The summed E-state index contributed by atoms with van der Waals surface area (Å²) >= 11 is 5.98. The number of hydrogen-bond acceptors (Lipinski definition) is 3. The van der Waals surface area contributed by atoms with Crippen LogP contribution in [-0.4, -0.2) is 24.2 Å². The Labute approximate surface area is 145 Å². The molecule has 0 bridgehead atoms. The first-order valence-electron chi connectivity index (χ1n) is 7.82. The fourth-order valence-corrected chi connectivity index (χ4v) is 2.71. The summed E-state index contributed by atoms with van der Waals surface area (Å²) in [4.78, 5) is 15.0. The van der Waals surface area contributed by atoms with Gasteiger partial charge in [0.25, 0.3) is 0 Å². The highest BCUT2D eigenvalue weighted by Crippen LogP contribution is 2.23. The van der Waals surface area contributed by atoms with Crippen molar-refractivity contribution in [3.05, 3.63) is 65.3 Å². The van der Waals surface area contributed by atoms with E-state index >= 15 is 0 Å². The average Bonchev–Trinajstić information content (AvgIpc) is 3.01. The summed E-state index contributed by atoms with van der Waals surface area (Å²) in [5, 5.41) is 1.69. The van der Waals surface area contributed by atoms with Crippen molar-refractivity contribution in [1.29, 1.82) is 0 Å². The zero-order chi connectivity index (χ0) is 16.8. The number of fused-ring (bicyclic) bond motifs is 1. The maximum absolute atomic E-state index is 11.8. The van der Waals surface area contributed by atoms with E-state index in [1.165, 1.54) is 0 Å². The van der Waals surface area contributed by atoms with Crippen LogP contribution in [-0.2, 0) is 16.0 Å². The number of carbonyl (C=O) groups is 1. The molecule has 0 aliphatic heterocycles. The molecule has 4 nitrogen and oxygen atoms in total. The van der Waals surface area contributed by atoms with E-state index in [1.54, 1.807) is 12.1 Å². The van der Waals surface area contributed by atoms with Gasteiger partial charge in [-0.15, -0.1) is 0 Å². The number of aryl methyl sites for hydroxylation is 1. The number of ether oxygens (including phenoxy) is 2. The van der Waals surface area contributed by atoms with Gasteiger partial charge in [0, 0.05) is 23.5 Å². The lowest BCUT2D eigenvalue weighted by atomic mass is 10.1. The first-order chi connectivity index (χ1) is 11.7. The second-order valence-electron chi connectivity index (χ2n) is 5.36. The van der Waals surface area contributed by atoms with Crippen LogP contribution in [0.1, 0.15) is 12.0 Å². The molecule has 1 N–H and O–H groups in total. The Morgan fingerprint density at radius 2 is 1.83 bits per heavy atom. The molecule has 0 amide bonds. The van der Waals surface area contributed by atoms with Gasteiger partial charge in [0.05, 0.1) is 5.02 Å². The van der Waals surface area contributed by atoms with Crippen LogP contribution in [0.4, 0.5) is 0 Å². The van der Waals surface area contributed by atoms with Gasteiger partial charge >= 0.3 is 5.97 Å². The van der Waals surface area contributed by atoms with Crippen LogP contribution in [0.3, 0.4) is 0 Å². The molecule has 124 valence electrons. The number of benzene rings is 2. The van der Waals surface area contributed by atoms with E-state index in [2.05, 4.69) is 4.98 Å². The van der Waals surface area contributed by atoms with Gasteiger partial charge in [-0.3, -0.25) is 4.79 Å². The number of esters is 1. The number of aromatic nitrogens is 1. The Morgan fingerprint density at radius 3 is 2.71 bits per heavy atom. The molecule has 5 heteroatoms. The highest BCUT2D eigenvalue weighted by Gasteiger charge is 2.08. The third-order valence-corrected chi connectivity index (χ3v) is 4.03. The summed E-state index contributed by atoms with van der Waals surface area (Å²) < 4.78 is 10.7. The number of hydrogen-bond donors (Lipinski definition) is 1. The third-order valence-electron chi connectivity index (χ3n) is 3.71. The highest BCUT2D eigenvalue weighted by molar-refractivity contribution is 6.32. The van der Waals surface area contributed by atoms with Crippen molar-refractivity contribution in [2.24, 2.45) is 0 Å². The maximum atomic E-state index is 11.8. The summed E-state index contributed by atoms with van der Waals surface area (Å²) in [6, 6.07) is 15.2. The highest BCUT2D eigenvalue weighted by atomic mass is 35.5. The number of rotatable bonds is 7. The zero-order valence-corrected chi connectivity index (χ0v) is 13.9. The minimum Gasteiger partial charge on any atom is -0.488 e. The normalized spacial score (nSPS) is 10.7. The van der Waals surface area contributed by atoms with E-state index in [0.717, 1.165) is 16.5 Å². The molecule has 0 aliphatic carbocycles. The Morgan fingerprint density at radius 1 is 1.04 bits per heavy atom. The molecule has 24 heavy (non-hydrogen) atoms. The minimum absolute atomic E-state index is 0.206. The number of nitrogens with one attached hydrogen (secondary N) is 1. The van der Waals surface area contributed by atoms with Crippen LogP contribution in [0.25, 0.3) is 10.9 Å². The molecular formula is C19H18ClNO3. The maximum Gasteiger partial charge on any atom is 0.306 e. The van der Waals surface area contributed by atoms with Crippen molar-refractivity contribution in [2.75, 3.05) is 13.2 Å². The van der Waals surface area contributed by atoms with Crippen molar-refractivity contribution in [3.63, 3.8) is 0 Å². The van der Waals surface area contributed by atoms with Gasteiger partial charge in [0.1, 0.15) is 19.0 Å². The van der Waals surface area contributed by atoms with Crippen LogP contribution >= 0.6 is 11.6 Å². The molecule has 0 radical (unpaired) electrons. The Bertz CT molecular complexity index is 828. The van der Waals surface area contributed by atoms with Gasteiger partial charge in [-0.1, -0.05) is 41.9 Å². The van der Waals surface area contributed by atoms with Gasteiger partial charge in [0.15, 0.2) is 0 Å². The molecule has 0 saturated heterocycles. The van der Waals surface area contributed by atoms with E-state index in [0.29, 0.717) is 23.6 Å². The van der Waals surface area contributed by atoms with Crippen molar-refractivity contribution >= 4 is 28.5 Å². The Kier molecular flexibility index (Phi) is 5.39. The topological polar surface area (TPSA) is 51.3 Å². The molecule has 1 aromatic heterocycles. The number of aromatic amines is 1.